The molecule has 1 aliphatic rings. The fourth-order valence-corrected chi connectivity index (χ4v) is 2.89. The zero-order valence-electron chi connectivity index (χ0n) is 12.6. The highest BCUT2D eigenvalue weighted by molar-refractivity contribution is 5.48. The van der Waals surface area contributed by atoms with Crippen molar-refractivity contribution < 1.29 is 4.74 Å². The largest absolute Gasteiger partial charge is 0.496 e. The fraction of sp³-hybridized carbons (Fsp3) is 0.625. The maximum absolute atomic E-state index is 5.42. The molecule has 106 valence electrons. The van der Waals surface area contributed by atoms with E-state index in [1.54, 1.807) is 7.11 Å². The van der Waals surface area contributed by atoms with E-state index in [0.29, 0.717) is 6.04 Å². The van der Waals surface area contributed by atoms with Gasteiger partial charge in [0.05, 0.1) is 7.11 Å². The molecule has 0 aliphatic carbocycles. The number of rotatable bonds is 5. The van der Waals surface area contributed by atoms with E-state index in [9.17, 15) is 0 Å². The van der Waals surface area contributed by atoms with Crippen molar-refractivity contribution >= 4 is 0 Å². The van der Waals surface area contributed by atoms with E-state index in [4.69, 9.17) is 4.74 Å². The van der Waals surface area contributed by atoms with Gasteiger partial charge in [0.25, 0.3) is 0 Å². The number of benzene rings is 1. The third kappa shape index (κ3) is 3.28. The van der Waals surface area contributed by atoms with Gasteiger partial charge in [0.1, 0.15) is 5.75 Å². The van der Waals surface area contributed by atoms with E-state index in [2.05, 4.69) is 37.5 Å². The monoisotopic (exact) mass is 262 g/mol. The average Bonchev–Trinajstić information content (AvgIpc) is 2.91. The van der Waals surface area contributed by atoms with Gasteiger partial charge in [0.2, 0.25) is 0 Å². The van der Waals surface area contributed by atoms with Gasteiger partial charge in [0, 0.05) is 19.1 Å². The molecular formula is C16H26N2O. The van der Waals surface area contributed by atoms with Crippen molar-refractivity contribution in [1.82, 2.24) is 10.6 Å². The summed E-state index contributed by atoms with van der Waals surface area (Å²) in [5.41, 5.74) is 5.33. The van der Waals surface area contributed by atoms with Crippen molar-refractivity contribution in [2.45, 2.75) is 46.2 Å². The quantitative estimate of drug-likeness (QED) is 0.855. The molecule has 0 saturated carbocycles. The van der Waals surface area contributed by atoms with Crippen LogP contribution in [0.25, 0.3) is 0 Å². The van der Waals surface area contributed by atoms with Crippen LogP contribution in [-0.2, 0) is 6.54 Å². The summed E-state index contributed by atoms with van der Waals surface area (Å²) in [5.74, 6) is 0.996. The Morgan fingerprint density at radius 1 is 1.32 bits per heavy atom. The number of methoxy groups -OCH3 is 1. The van der Waals surface area contributed by atoms with Gasteiger partial charge >= 0.3 is 0 Å². The third-order valence-electron chi connectivity index (χ3n) is 4.28. The van der Waals surface area contributed by atoms with Gasteiger partial charge in [-0.15, -0.1) is 0 Å². The molecule has 1 atom stereocenters. The van der Waals surface area contributed by atoms with Crippen LogP contribution < -0.4 is 15.4 Å². The first-order valence-corrected chi connectivity index (χ1v) is 7.21. The van der Waals surface area contributed by atoms with Crippen LogP contribution in [-0.4, -0.2) is 26.2 Å². The first-order chi connectivity index (χ1) is 9.13. The summed E-state index contributed by atoms with van der Waals surface area (Å²) in [4.78, 5) is 0. The highest BCUT2D eigenvalue weighted by Gasteiger charge is 2.14. The van der Waals surface area contributed by atoms with Crippen LogP contribution in [0.5, 0.6) is 5.75 Å². The molecule has 3 heteroatoms. The third-order valence-corrected chi connectivity index (χ3v) is 4.28. The molecule has 2 N–H and O–H groups in total. The average molecular weight is 262 g/mol. The molecule has 0 bridgehead atoms. The van der Waals surface area contributed by atoms with Gasteiger partial charge in [-0.05, 0) is 68.5 Å². The van der Waals surface area contributed by atoms with Gasteiger partial charge < -0.3 is 15.4 Å². The predicted molar refractivity (Wildman–Crippen MR) is 79.9 cm³/mol. The van der Waals surface area contributed by atoms with Crippen LogP contribution in [0.15, 0.2) is 6.07 Å². The first-order valence-electron chi connectivity index (χ1n) is 7.21. The Hall–Kier alpha value is -1.06. The van der Waals surface area contributed by atoms with Crippen LogP contribution in [0.1, 0.15) is 35.1 Å². The van der Waals surface area contributed by atoms with Crippen molar-refractivity contribution in [3.05, 3.63) is 28.3 Å². The Morgan fingerprint density at radius 3 is 2.74 bits per heavy atom. The van der Waals surface area contributed by atoms with Gasteiger partial charge in [-0.3, -0.25) is 0 Å². The summed E-state index contributed by atoms with van der Waals surface area (Å²) in [6.07, 6.45) is 2.61. The lowest BCUT2D eigenvalue weighted by Gasteiger charge is -2.18. The molecule has 0 spiro atoms. The molecule has 0 amide bonds. The Kier molecular flexibility index (Phi) is 4.83. The van der Waals surface area contributed by atoms with Crippen molar-refractivity contribution in [2.75, 3.05) is 20.2 Å². The van der Waals surface area contributed by atoms with Crippen molar-refractivity contribution in [3.8, 4) is 5.75 Å². The van der Waals surface area contributed by atoms with Crippen molar-refractivity contribution in [1.29, 1.82) is 0 Å². The second-order valence-corrected chi connectivity index (χ2v) is 5.55. The number of hydrogen-bond acceptors (Lipinski definition) is 3. The lowest BCUT2D eigenvalue weighted by molar-refractivity contribution is 0.410. The predicted octanol–water partition coefficient (Wildman–Crippen LogP) is 2.46. The summed E-state index contributed by atoms with van der Waals surface area (Å²) in [6.45, 7) is 9.67. The summed E-state index contributed by atoms with van der Waals surface area (Å²) in [5, 5.41) is 7.11. The molecule has 1 heterocycles. The molecule has 1 aromatic rings. The van der Waals surface area contributed by atoms with E-state index < -0.39 is 0 Å². The first kappa shape index (κ1) is 14.4. The Labute approximate surface area is 116 Å². The SMILES string of the molecule is COc1cc(C)c(CNCC2CCCN2)c(C)c1C. The van der Waals surface area contributed by atoms with Crippen LogP contribution in [0.2, 0.25) is 0 Å². The Morgan fingerprint density at radius 2 is 2.11 bits per heavy atom. The molecular weight excluding hydrogens is 236 g/mol. The normalized spacial score (nSPS) is 18.8. The highest BCUT2D eigenvalue weighted by atomic mass is 16.5. The molecule has 0 aromatic heterocycles. The number of ether oxygens (including phenoxy) is 1. The van der Waals surface area contributed by atoms with E-state index >= 15 is 0 Å². The van der Waals surface area contributed by atoms with E-state index in [1.807, 2.05) is 0 Å². The van der Waals surface area contributed by atoms with Crippen molar-refractivity contribution in [2.24, 2.45) is 0 Å². The van der Waals surface area contributed by atoms with E-state index in [0.717, 1.165) is 18.8 Å². The van der Waals surface area contributed by atoms with Gasteiger partial charge in [0.15, 0.2) is 0 Å². The standard InChI is InChI=1S/C16H26N2O/c1-11-8-16(19-4)13(3)12(2)15(11)10-17-9-14-6-5-7-18-14/h8,14,17-18H,5-7,9-10H2,1-4H3. The zero-order valence-corrected chi connectivity index (χ0v) is 12.6. The lowest BCUT2D eigenvalue weighted by Crippen LogP contribution is -2.33. The smallest absolute Gasteiger partial charge is 0.122 e. The molecule has 1 fully saturated rings. The minimum absolute atomic E-state index is 0.653. The summed E-state index contributed by atoms with van der Waals surface area (Å²) in [6, 6.07) is 2.80. The molecule has 0 radical (unpaired) electrons. The highest BCUT2D eigenvalue weighted by Crippen LogP contribution is 2.27. The number of hydrogen-bond donors (Lipinski definition) is 2. The Balaban J connectivity index is 2.01. The van der Waals surface area contributed by atoms with Gasteiger partial charge in [-0.2, -0.15) is 0 Å². The molecule has 1 saturated heterocycles. The molecule has 1 aliphatic heterocycles. The second-order valence-electron chi connectivity index (χ2n) is 5.55. The zero-order chi connectivity index (χ0) is 13.8. The van der Waals surface area contributed by atoms with Crippen LogP contribution in [0.4, 0.5) is 0 Å². The van der Waals surface area contributed by atoms with E-state index in [1.165, 1.54) is 41.6 Å². The van der Waals surface area contributed by atoms with Crippen LogP contribution >= 0.6 is 0 Å². The lowest BCUT2D eigenvalue weighted by atomic mass is 9.97. The maximum Gasteiger partial charge on any atom is 0.122 e. The number of aryl methyl sites for hydroxylation is 1. The molecule has 2 rings (SSSR count). The molecule has 3 nitrogen and oxygen atoms in total. The Bertz CT molecular complexity index is 437. The minimum Gasteiger partial charge on any atom is -0.496 e. The number of nitrogens with one attached hydrogen (secondary N) is 2. The molecule has 19 heavy (non-hydrogen) atoms. The molecule has 1 unspecified atom stereocenters. The van der Waals surface area contributed by atoms with Gasteiger partial charge in [-0.1, -0.05) is 0 Å². The fourth-order valence-electron chi connectivity index (χ4n) is 2.89. The topological polar surface area (TPSA) is 33.3 Å². The maximum atomic E-state index is 5.42. The van der Waals surface area contributed by atoms with Crippen molar-refractivity contribution in [3.63, 3.8) is 0 Å². The molecule has 1 aromatic carbocycles. The summed E-state index contributed by atoms with van der Waals surface area (Å²) < 4.78 is 5.42. The van der Waals surface area contributed by atoms with Crippen LogP contribution in [0, 0.1) is 20.8 Å². The summed E-state index contributed by atoms with van der Waals surface area (Å²) in [7, 11) is 1.74. The van der Waals surface area contributed by atoms with Gasteiger partial charge in [-0.25, -0.2) is 0 Å². The second kappa shape index (κ2) is 6.40. The summed E-state index contributed by atoms with van der Waals surface area (Å²) >= 11 is 0. The minimum atomic E-state index is 0.653. The van der Waals surface area contributed by atoms with E-state index in [-0.39, 0.29) is 0 Å². The van der Waals surface area contributed by atoms with Crippen LogP contribution in [0.3, 0.4) is 0 Å².